The highest BCUT2D eigenvalue weighted by molar-refractivity contribution is 5.94. The van der Waals surface area contributed by atoms with Crippen LogP contribution in [0.5, 0.6) is 5.75 Å². The lowest BCUT2D eigenvalue weighted by atomic mass is 9.98. The molecule has 6 aromatic rings. The molecule has 71 heavy (non-hydrogen) atoms. The van der Waals surface area contributed by atoms with E-state index in [1.165, 1.54) is 12.1 Å². The summed E-state index contributed by atoms with van der Waals surface area (Å²) in [5.74, 6) is -2.74. The maximum absolute atomic E-state index is 14.3. The lowest BCUT2D eigenvalue weighted by Gasteiger charge is -2.25. The molecule has 0 spiro atoms. The van der Waals surface area contributed by atoms with Gasteiger partial charge in [0.05, 0.1) is 18.1 Å². The van der Waals surface area contributed by atoms with Crippen LogP contribution in [0.25, 0.3) is 22.5 Å². The summed E-state index contributed by atoms with van der Waals surface area (Å²) in [6.07, 6.45) is 10.2. The largest absolute Gasteiger partial charge is 0.508 e. The number of aromatic hydroxyl groups is 1. The fraction of sp³-hybridized carbons (Fsp3) is 0.377. The maximum Gasteiger partial charge on any atom is 0.326 e. The van der Waals surface area contributed by atoms with E-state index in [1.54, 1.807) is 18.5 Å². The molecule has 18 nitrogen and oxygen atoms in total. The van der Waals surface area contributed by atoms with Crippen molar-refractivity contribution in [3.8, 4) is 28.3 Å². The molecule has 6 rings (SSSR count). The molecular formula is C53H65N11O7. The molecule has 0 radical (unpaired) electrons. The van der Waals surface area contributed by atoms with Crippen LogP contribution < -0.4 is 27.0 Å². The number of hydrogen-bond donors (Lipinski definition) is 8. The van der Waals surface area contributed by atoms with Crippen molar-refractivity contribution in [2.24, 2.45) is 5.73 Å². The summed E-state index contributed by atoms with van der Waals surface area (Å²) in [6.45, 7) is 4.95. The Morgan fingerprint density at radius 2 is 1.34 bits per heavy atom. The van der Waals surface area contributed by atoms with Crippen LogP contribution in [-0.4, -0.2) is 101 Å². The Morgan fingerprint density at radius 3 is 2.03 bits per heavy atom. The maximum atomic E-state index is 14.3. The number of aryl methyl sites for hydroxylation is 1. The molecule has 2 aromatic heterocycles. The zero-order valence-corrected chi connectivity index (χ0v) is 40.4. The van der Waals surface area contributed by atoms with Crippen molar-refractivity contribution in [1.29, 1.82) is 0 Å². The first-order chi connectivity index (χ1) is 34.3. The third-order valence-corrected chi connectivity index (χ3v) is 12.2. The number of phenols is 1. The minimum absolute atomic E-state index is 0.0119. The first-order valence-corrected chi connectivity index (χ1v) is 24.3. The number of benzene rings is 4. The number of aromatic amines is 1. The molecule has 0 aliphatic carbocycles. The number of H-pyrrole nitrogens is 1. The number of rotatable bonds is 28. The number of unbranched alkanes of at least 4 members (excludes halogenated alkanes) is 5. The van der Waals surface area contributed by atoms with Crippen LogP contribution in [0.2, 0.25) is 0 Å². The summed E-state index contributed by atoms with van der Waals surface area (Å²) in [5, 5.41) is 45.3. The second-order valence-corrected chi connectivity index (χ2v) is 17.9. The van der Waals surface area contributed by atoms with Gasteiger partial charge in [-0.1, -0.05) is 123 Å². The van der Waals surface area contributed by atoms with Crippen LogP contribution in [0.15, 0.2) is 110 Å². The van der Waals surface area contributed by atoms with E-state index in [0.717, 1.165) is 59.9 Å². The Morgan fingerprint density at radius 1 is 0.704 bits per heavy atom. The topological polar surface area (TPSA) is 272 Å². The average molecular weight is 968 g/mol. The SMILES string of the molecule is CCCCCCCC(=O)NCCCC[C@H](NC(=O)[C@@H](N)Cc1cn(Cc2ccc(-c3ccccc3-c3nnn[nH]3)cc2)cn1)C(=O)N[C@H](Cc1ccc(C)cc1)C(=O)N[C@@H](Cc1ccc(O)cc1)C(=O)O. The molecule has 0 aliphatic heterocycles. The number of carboxylic acid groups (broad SMARTS) is 1. The molecule has 0 saturated heterocycles. The van der Waals surface area contributed by atoms with Crippen molar-refractivity contribution in [3.05, 3.63) is 138 Å². The first kappa shape index (κ1) is 52.6. The molecule has 374 valence electrons. The minimum Gasteiger partial charge on any atom is -0.508 e. The standard InChI is InChI=1S/C53H65N11O7/c1-3-4-5-6-7-15-48(66)55-28-11-10-14-45(51(68)58-46(29-36-18-16-35(2)17-19-36)52(69)59-47(53(70)71)30-37-22-26-41(65)27-23-37)57-50(67)44(54)31-40-33-64(34-56-40)32-38-20-24-39(25-21-38)42-12-8-9-13-43(42)49-60-62-63-61-49/h8-9,12-13,16-27,33-34,44-47,65H,3-7,10-11,14-15,28-32,54H2,1-2H3,(H,55,66)(H,57,67)(H,58,68)(H,59,69)(H,70,71)(H,60,61,62,63)/t44-,45-,46+,47-/m0/s1. The molecule has 18 heteroatoms. The van der Waals surface area contributed by atoms with Gasteiger partial charge >= 0.3 is 5.97 Å². The van der Waals surface area contributed by atoms with Gasteiger partial charge in [0.25, 0.3) is 0 Å². The molecule has 4 amide bonds. The number of imidazole rings is 1. The predicted molar refractivity (Wildman–Crippen MR) is 268 cm³/mol. The monoisotopic (exact) mass is 968 g/mol. The number of carbonyl (C=O) groups is 5. The lowest BCUT2D eigenvalue weighted by Crippen LogP contribution is -2.58. The molecule has 4 atom stereocenters. The lowest BCUT2D eigenvalue weighted by molar-refractivity contribution is -0.142. The number of aromatic nitrogens is 6. The van der Waals surface area contributed by atoms with E-state index in [9.17, 15) is 34.2 Å². The number of hydrogen-bond acceptors (Lipinski definition) is 11. The van der Waals surface area contributed by atoms with E-state index in [0.29, 0.717) is 55.0 Å². The second-order valence-electron chi connectivity index (χ2n) is 17.9. The highest BCUT2D eigenvalue weighted by Crippen LogP contribution is 2.30. The third kappa shape index (κ3) is 16.7. The number of nitrogens with two attached hydrogens (primary N) is 1. The van der Waals surface area contributed by atoms with Gasteiger partial charge in [-0.25, -0.2) is 14.9 Å². The quantitative estimate of drug-likeness (QED) is 0.0290. The minimum atomic E-state index is -1.36. The van der Waals surface area contributed by atoms with Crippen molar-refractivity contribution in [3.63, 3.8) is 0 Å². The van der Waals surface area contributed by atoms with E-state index < -0.39 is 47.9 Å². The highest BCUT2D eigenvalue weighted by atomic mass is 16.4. The van der Waals surface area contributed by atoms with Crippen LogP contribution in [0.1, 0.15) is 92.7 Å². The molecule has 0 saturated carbocycles. The van der Waals surface area contributed by atoms with Crippen LogP contribution in [0, 0.1) is 6.92 Å². The Labute approximate surface area is 413 Å². The van der Waals surface area contributed by atoms with Crippen LogP contribution in [0.4, 0.5) is 0 Å². The predicted octanol–water partition coefficient (Wildman–Crippen LogP) is 5.33. The molecule has 0 bridgehead atoms. The zero-order valence-electron chi connectivity index (χ0n) is 40.4. The third-order valence-electron chi connectivity index (χ3n) is 12.2. The summed E-state index contributed by atoms with van der Waals surface area (Å²) in [7, 11) is 0. The van der Waals surface area contributed by atoms with Crippen molar-refractivity contribution in [2.45, 2.75) is 122 Å². The van der Waals surface area contributed by atoms with Crippen LogP contribution in [-0.2, 0) is 49.8 Å². The van der Waals surface area contributed by atoms with Crippen molar-refractivity contribution in [1.82, 2.24) is 51.4 Å². The van der Waals surface area contributed by atoms with Crippen molar-refractivity contribution < 1.29 is 34.2 Å². The van der Waals surface area contributed by atoms with Crippen LogP contribution >= 0.6 is 0 Å². The summed E-state index contributed by atoms with van der Waals surface area (Å²) in [6, 6.07) is 24.5. The van der Waals surface area contributed by atoms with Gasteiger partial charge in [-0.15, -0.1) is 5.10 Å². The number of nitrogens with zero attached hydrogens (tertiary/aromatic N) is 5. The molecule has 4 aromatic carbocycles. The number of amides is 4. The Kier molecular flexibility index (Phi) is 19.9. The highest BCUT2D eigenvalue weighted by Gasteiger charge is 2.31. The smallest absolute Gasteiger partial charge is 0.326 e. The normalized spacial score (nSPS) is 12.8. The number of carbonyl (C=O) groups excluding carboxylic acids is 4. The Bertz CT molecular complexity index is 2640. The van der Waals surface area contributed by atoms with E-state index >= 15 is 0 Å². The van der Waals surface area contributed by atoms with Gasteiger partial charge in [-0.05, 0) is 83.0 Å². The van der Waals surface area contributed by atoms with E-state index in [4.69, 9.17) is 5.73 Å². The second kappa shape index (κ2) is 26.9. The van der Waals surface area contributed by atoms with E-state index in [-0.39, 0.29) is 37.3 Å². The summed E-state index contributed by atoms with van der Waals surface area (Å²) < 4.78 is 1.89. The Hall–Kier alpha value is -7.73. The molecule has 9 N–H and O–H groups in total. The number of phenolic OH excluding ortho intramolecular Hbond substituents is 1. The van der Waals surface area contributed by atoms with Gasteiger partial charge in [0, 0.05) is 50.5 Å². The summed E-state index contributed by atoms with van der Waals surface area (Å²) in [5.41, 5.74) is 13.2. The fourth-order valence-electron chi connectivity index (χ4n) is 8.14. The zero-order chi connectivity index (χ0) is 50.5. The summed E-state index contributed by atoms with van der Waals surface area (Å²) >= 11 is 0. The van der Waals surface area contributed by atoms with Crippen molar-refractivity contribution in [2.75, 3.05) is 6.54 Å². The molecule has 0 fully saturated rings. The molecular weight excluding hydrogens is 903 g/mol. The van der Waals surface area contributed by atoms with Gasteiger partial charge in [-0.2, -0.15) is 0 Å². The van der Waals surface area contributed by atoms with Gasteiger partial charge in [-0.3, -0.25) is 19.2 Å². The van der Waals surface area contributed by atoms with Gasteiger partial charge < -0.3 is 41.8 Å². The van der Waals surface area contributed by atoms with Gasteiger partial charge in [0.2, 0.25) is 23.6 Å². The molecule has 0 aliphatic rings. The molecule has 2 heterocycles. The van der Waals surface area contributed by atoms with E-state index in [1.807, 2.05) is 90.5 Å². The van der Waals surface area contributed by atoms with E-state index in [2.05, 4.69) is 53.8 Å². The molecule has 0 unspecified atom stereocenters. The Balaban J connectivity index is 1.11. The fourth-order valence-corrected chi connectivity index (χ4v) is 8.14. The van der Waals surface area contributed by atoms with Gasteiger partial charge in [0.1, 0.15) is 23.9 Å². The summed E-state index contributed by atoms with van der Waals surface area (Å²) in [4.78, 5) is 71.5. The van der Waals surface area contributed by atoms with Gasteiger partial charge in [0.15, 0.2) is 5.82 Å². The van der Waals surface area contributed by atoms with Crippen LogP contribution in [0.3, 0.4) is 0 Å². The number of aliphatic carboxylic acids is 1. The number of nitrogens with one attached hydrogen (secondary N) is 5. The first-order valence-electron chi connectivity index (χ1n) is 24.3. The average Bonchev–Trinajstić information content (AvgIpc) is 4.07. The van der Waals surface area contributed by atoms with Crippen molar-refractivity contribution >= 4 is 29.6 Å². The number of tetrazole rings is 1. The number of carboxylic acids is 1.